The van der Waals surface area contributed by atoms with E-state index in [4.69, 9.17) is 5.73 Å². The smallest absolute Gasteiger partial charge is 0.0562 e. The van der Waals surface area contributed by atoms with Crippen LogP contribution in [0.2, 0.25) is 0 Å². The molecule has 1 heterocycles. The van der Waals surface area contributed by atoms with Crippen molar-refractivity contribution in [3.05, 3.63) is 56.3 Å². The Morgan fingerprint density at radius 2 is 1.71 bits per heavy atom. The zero-order chi connectivity index (χ0) is 12.6. The molecule has 2 rings (SSSR count). The molecule has 2 aromatic rings. The number of rotatable bonds is 2. The van der Waals surface area contributed by atoms with Gasteiger partial charge in [0.2, 0.25) is 0 Å². The highest BCUT2D eigenvalue weighted by atomic mass is 32.1. The molecule has 0 bridgehead atoms. The minimum absolute atomic E-state index is 0.000694. The molecule has 1 atom stereocenters. The molecule has 1 unspecified atom stereocenters. The first-order valence-electron chi connectivity index (χ1n) is 5.88. The van der Waals surface area contributed by atoms with Crippen molar-refractivity contribution >= 4 is 11.3 Å². The van der Waals surface area contributed by atoms with Crippen molar-refractivity contribution in [1.29, 1.82) is 0 Å². The third-order valence-electron chi connectivity index (χ3n) is 3.30. The van der Waals surface area contributed by atoms with Crippen LogP contribution in [0.15, 0.2) is 24.3 Å². The van der Waals surface area contributed by atoms with Crippen molar-refractivity contribution in [1.82, 2.24) is 0 Å². The van der Waals surface area contributed by atoms with Gasteiger partial charge in [0.15, 0.2) is 0 Å². The highest BCUT2D eigenvalue weighted by molar-refractivity contribution is 7.12. The number of aryl methyl sites for hydroxylation is 4. The zero-order valence-electron chi connectivity index (χ0n) is 10.9. The molecule has 1 aromatic carbocycles. The lowest BCUT2D eigenvalue weighted by atomic mass is 9.97. The van der Waals surface area contributed by atoms with Crippen LogP contribution in [0, 0.1) is 27.7 Å². The van der Waals surface area contributed by atoms with Gasteiger partial charge in [-0.05, 0) is 56.0 Å². The first kappa shape index (κ1) is 12.3. The normalized spacial score (nSPS) is 12.8. The molecular weight excluding hydrogens is 226 g/mol. The van der Waals surface area contributed by atoms with E-state index < -0.39 is 0 Å². The van der Waals surface area contributed by atoms with Crippen molar-refractivity contribution in [2.24, 2.45) is 5.73 Å². The van der Waals surface area contributed by atoms with Crippen LogP contribution < -0.4 is 5.73 Å². The molecule has 0 radical (unpaired) electrons. The lowest BCUT2D eigenvalue weighted by Crippen LogP contribution is -2.12. The van der Waals surface area contributed by atoms with Gasteiger partial charge in [0.05, 0.1) is 6.04 Å². The van der Waals surface area contributed by atoms with Gasteiger partial charge in [-0.3, -0.25) is 0 Å². The van der Waals surface area contributed by atoms with Gasteiger partial charge in [-0.25, -0.2) is 0 Å². The maximum Gasteiger partial charge on any atom is 0.0562 e. The van der Waals surface area contributed by atoms with Gasteiger partial charge in [-0.15, -0.1) is 11.3 Å². The van der Waals surface area contributed by atoms with Crippen LogP contribution in [0.25, 0.3) is 0 Å². The molecule has 2 heteroatoms. The predicted octanol–water partition coefficient (Wildman–Crippen LogP) is 4.03. The molecule has 1 nitrogen and oxygen atoms in total. The summed E-state index contributed by atoms with van der Waals surface area (Å²) in [5, 5.41) is 0. The van der Waals surface area contributed by atoms with E-state index in [-0.39, 0.29) is 6.04 Å². The third-order valence-corrected chi connectivity index (χ3v) is 4.29. The van der Waals surface area contributed by atoms with Crippen molar-refractivity contribution in [3.63, 3.8) is 0 Å². The van der Waals surface area contributed by atoms with E-state index in [0.29, 0.717) is 0 Å². The summed E-state index contributed by atoms with van der Waals surface area (Å²) in [6.45, 7) is 8.55. The number of hydrogen-bond donors (Lipinski definition) is 1. The molecule has 0 amide bonds. The van der Waals surface area contributed by atoms with E-state index in [1.54, 1.807) is 0 Å². The van der Waals surface area contributed by atoms with Crippen LogP contribution in [-0.2, 0) is 0 Å². The fourth-order valence-electron chi connectivity index (χ4n) is 2.10. The number of nitrogens with two attached hydrogens (primary N) is 1. The topological polar surface area (TPSA) is 26.0 Å². The van der Waals surface area contributed by atoms with Crippen LogP contribution in [0.1, 0.15) is 38.0 Å². The molecule has 1 aromatic heterocycles. The van der Waals surface area contributed by atoms with Gasteiger partial charge in [-0.1, -0.05) is 18.2 Å². The molecule has 17 heavy (non-hydrogen) atoms. The van der Waals surface area contributed by atoms with E-state index in [0.717, 1.165) is 0 Å². The Morgan fingerprint density at radius 1 is 1.00 bits per heavy atom. The van der Waals surface area contributed by atoms with Crippen molar-refractivity contribution in [3.8, 4) is 0 Å². The fourth-order valence-corrected chi connectivity index (χ4v) is 3.07. The average Bonchev–Trinajstić information content (AvgIpc) is 2.61. The largest absolute Gasteiger partial charge is 0.320 e. The number of thiophene rings is 1. The second-order valence-corrected chi connectivity index (χ2v) is 6.15. The summed E-state index contributed by atoms with van der Waals surface area (Å²) in [6.07, 6.45) is 0. The molecule has 0 aliphatic carbocycles. The van der Waals surface area contributed by atoms with Crippen LogP contribution in [0.4, 0.5) is 0 Å². The Bertz CT molecular complexity index is 540. The van der Waals surface area contributed by atoms with E-state index in [9.17, 15) is 0 Å². The molecule has 0 spiro atoms. The summed E-state index contributed by atoms with van der Waals surface area (Å²) in [4.78, 5) is 2.66. The fraction of sp³-hybridized carbons (Fsp3) is 0.333. The lowest BCUT2D eigenvalue weighted by Gasteiger charge is -2.13. The Labute approximate surface area is 107 Å². The van der Waals surface area contributed by atoms with E-state index in [2.05, 4.69) is 52.0 Å². The summed E-state index contributed by atoms with van der Waals surface area (Å²) < 4.78 is 0. The van der Waals surface area contributed by atoms with Gasteiger partial charge < -0.3 is 5.73 Å². The Morgan fingerprint density at radius 3 is 2.24 bits per heavy atom. The molecule has 0 saturated carbocycles. The Balaban J connectivity index is 2.40. The minimum atomic E-state index is -0.000694. The SMILES string of the molecule is Cc1cc(C(N)c2ccc(C)c(C)c2)c(C)s1. The molecule has 2 N–H and O–H groups in total. The third kappa shape index (κ3) is 2.43. The highest BCUT2D eigenvalue weighted by Crippen LogP contribution is 2.29. The Kier molecular flexibility index (Phi) is 3.36. The molecular formula is C15H19NS. The number of hydrogen-bond acceptors (Lipinski definition) is 2. The standard InChI is InChI=1S/C15H19NS/c1-9-5-6-13(7-10(9)2)15(16)14-8-11(3)17-12(14)4/h5-8,15H,16H2,1-4H3. The average molecular weight is 245 g/mol. The van der Waals surface area contributed by atoms with E-state index in [1.807, 2.05) is 11.3 Å². The van der Waals surface area contributed by atoms with Gasteiger partial charge in [-0.2, -0.15) is 0 Å². The molecule has 90 valence electrons. The maximum atomic E-state index is 6.36. The quantitative estimate of drug-likeness (QED) is 0.849. The molecule has 0 aliphatic rings. The van der Waals surface area contributed by atoms with Gasteiger partial charge in [0.25, 0.3) is 0 Å². The van der Waals surface area contributed by atoms with Gasteiger partial charge in [0, 0.05) is 9.75 Å². The first-order chi connectivity index (χ1) is 7.99. The number of benzene rings is 1. The maximum absolute atomic E-state index is 6.36. The summed E-state index contributed by atoms with van der Waals surface area (Å²) in [6, 6.07) is 8.70. The van der Waals surface area contributed by atoms with E-state index >= 15 is 0 Å². The first-order valence-corrected chi connectivity index (χ1v) is 6.70. The summed E-state index contributed by atoms with van der Waals surface area (Å²) >= 11 is 1.82. The van der Waals surface area contributed by atoms with Crippen molar-refractivity contribution in [2.45, 2.75) is 33.7 Å². The molecule has 0 saturated heterocycles. The van der Waals surface area contributed by atoms with Crippen LogP contribution in [0.3, 0.4) is 0 Å². The minimum Gasteiger partial charge on any atom is -0.320 e. The van der Waals surface area contributed by atoms with Crippen LogP contribution in [0.5, 0.6) is 0 Å². The molecule has 0 fully saturated rings. The summed E-state index contributed by atoms with van der Waals surface area (Å²) in [5.74, 6) is 0. The Hall–Kier alpha value is -1.12. The van der Waals surface area contributed by atoms with Gasteiger partial charge >= 0.3 is 0 Å². The van der Waals surface area contributed by atoms with Gasteiger partial charge in [0.1, 0.15) is 0 Å². The second-order valence-electron chi connectivity index (χ2n) is 4.69. The summed E-state index contributed by atoms with van der Waals surface area (Å²) in [5.41, 5.74) is 11.4. The van der Waals surface area contributed by atoms with Crippen molar-refractivity contribution in [2.75, 3.05) is 0 Å². The lowest BCUT2D eigenvalue weighted by molar-refractivity contribution is 0.866. The second kappa shape index (κ2) is 4.63. The zero-order valence-corrected chi connectivity index (χ0v) is 11.7. The van der Waals surface area contributed by atoms with Crippen LogP contribution >= 0.6 is 11.3 Å². The van der Waals surface area contributed by atoms with Crippen LogP contribution in [-0.4, -0.2) is 0 Å². The monoisotopic (exact) mass is 245 g/mol. The molecule has 0 aliphatic heterocycles. The predicted molar refractivity (Wildman–Crippen MR) is 75.7 cm³/mol. The highest BCUT2D eigenvalue weighted by Gasteiger charge is 2.14. The van der Waals surface area contributed by atoms with E-state index in [1.165, 1.54) is 32.0 Å². The summed E-state index contributed by atoms with van der Waals surface area (Å²) in [7, 11) is 0. The van der Waals surface area contributed by atoms with Crippen molar-refractivity contribution < 1.29 is 0 Å².